The SMILES string of the molecule is CCS(=O)(=O)Nc1ccc(NC(=C2C(=O)N(C(C)=O)c3ccccc32)c2ccccc2)cc1. The number of hydrogen-bond donors (Lipinski definition) is 2. The van der Waals surface area contributed by atoms with Gasteiger partial charge in [-0.05, 0) is 42.8 Å². The smallest absolute Gasteiger partial charge is 0.267 e. The second-order valence-electron chi connectivity index (χ2n) is 7.50. The number of nitrogens with one attached hydrogen (secondary N) is 2. The van der Waals surface area contributed by atoms with Gasteiger partial charge in [0.05, 0.1) is 22.7 Å². The normalized spacial score (nSPS) is 14.6. The summed E-state index contributed by atoms with van der Waals surface area (Å²) in [6.45, 7) is 2.93. The van der Waals surface area contributed by atoms with Gasteiger partial charge in [-0.3, -0.25) is 14.3 Å². The van der Waals surface area contributed by atoms with Crippen LogP contribution in [0, 0.1) is 0 Å². The van der Waals surface area contributed by atoms with E-state index in [4.69, 9.17) is 0 Å². The lowest BCUT2D eigenvalue weighted by Gasteiger charge is -2.16. The Bertz CT molecular complexity index is 1350. The van der Waals surface area contributed by atoms with Gasteiger partial charge in [0.15, 0.2) is 0 Å². The van der Waals surface area contributed by atoms with E-state index in [9.17, 15) is 18.0 Å². The van der Waals surface area contributed by atoms with Gasteiger partial charge in [0, 0.05) is 23.9 Å². The van der Waals surface area contributed by atoms with Crippen molar-refractivity contribution in [2.75, 3.05) is 20.7 Å². The third-order valence-corrected chi connectivity index (χ3v) is 6.57. The maximum absolute atomic E-state index is 13.4. The summed E-state index contributed by atoms with van der Waals surface area (Å²) in [6.07, 6.45) is 0. The zero-order chi connectivity index (χ0) is 23.6. The molecule has 0 unspecified atom stereocenters. The molecule has 0 saturated heterocycles. The maximum atomic E-state index is 13.4. The van der Waals surface area contributed by atoms with Crippen molar-refractivity contribution >= 4 is 50.2 Å². The highest BCUT2D eigenvalue weighted by molar-refractivity contribution is 7.92. The molecule has 0 fully saturated rings. The van der Waals surface area contributed by atoms with Gasteiger partial charge in [0.1, 0.15) is 0 Å². The van der Waals surface area contributed by atoms with E-state index in [1.165, 1.54) is 11.8 Å². The minimum Gasteiger partial charge on any atom is -0.354 e. The molecular formula is C25H23N3O4S. The molecule has 3 aromatic rings. The van der Waals surface area contributed by atoms with Crippen molar-refractivity contribution in [1.82, 2.24) is 0 Å². The summed E-state index contributed by atoms with van der Waals surface area (Å²) in [7, 11) is -3.38. The number of rotatable bonds is 6. The summed E-state index contributed by atoms with van der Waals surface area (Å²) in [4.78, 5) is 26.8. The average Bonchev–Trinajstić information content (AvgIpc) is 3.11. The highest BCUT2D eigenvalue weighted by atomic mass is 32.2. The molecule has 3 aromatic carbocycles. The van der Waals surface area contributed by atoms with Crippen LogP contribution < -0.4 is 14.9 Å². The number of hydrogen-bond acceptors (Lipinski definition) is 5. The van der Waals surface area contributed by atoms with E-state index in [1.807, 2.05) is 42.5 Å². The first-order valence-electron chi connectivity index (χ1n) is 10.4. The predicted octanol–water partition coefficient (Wildman–Crippen LogP) is 4.32. The van der Waals surface area contributed by atoms with E-state index < -0.39 is 15.9 Å². The van der Waals surface area contributed by atoms with Crippen LogP contribution in [0.15, 0.2) is 78.9 Å². The topological polar surface area (TPSA) is 95.6 Å². The monoisotopic (exact) mass is 461 g/mol. The van der Waals surface area contributed by atoms with Gasteiger partial charge in [0.2, 0.25) is 15.9 Å². The number of sulfonamides is 1. The molecule has 0 bridgehead atoms. The van der Waals surface area contributed by atoms with Gasteiger partial charge in [-0.1, -0.05) is 48.5 Å². The fourth-order valence-electron chi connectivity index (χ4n) is 3.67. The van der Waals surface area contributed by atoms with Gasteiger partial charge in [-0.2, -0.15) is 0 Å². The molecule has 0 saturated carbocycles. The largest absolute Gasteiger partial charge is 0.354 e. The number of anilines is 3. The quantitative estimate of drug-likeness (QED) is 0.533. The van der Waals surface area contributed by atoms with Crippen molar-refractivity contribution < 1.29 is 18.0 Å². The molecule has 33 heavy (non-hydrogen) atoms. The Balaban J connectivity index is 1.80. The van der Waals surface area contributed by atoms with Crippen molar-refractivity contribution in [2.24, 2.45) is 0 Å². The van der Waals surface area contributed by atoms with Gasteiger partial charge in [-0.25, -0.2) is 13.3 Å². The summed E-state index contributed by atoms with van der Waals surface area (Å²) < 4.78 is 26.2. The fourth-order valence-corrected chi connectivity index (χ4v) is 4.31. The van der Waals surface area contributed by atoms with Gasteiger partial charge < -0.3 is 5.32 Å². The van der Waals surface area contributed by atoms with E-state index in [-0.39, 0.29) is 11.7 Å². The minimum atomic E-state index is -3.38. The first-order valence-corrected chi connectivity index (χ1v) is 12.1. The highest BCUT2D eigenvalue weighted by Gasteiger charge is 2.37. The second-order valence-corrected chi connectivity index (χ2v) is 9.51. The molecule has 1 heterocycles. The van der Waals surface area contributed by atoms with Gasteiger partial charge in [0.25, 0.3) is 5.91 Å². The molecule has 168 valence electrons. The Hall–Kier alpha value is -3.91. The molecule has 2 amide bonds. The lowest BCUT2D eigenvalue weighted by Crippen LogP contribution is -2.31. The van der Waals surface area contributed by atoms with Crippen LogP contribution in [-0.2, 0) is 19.6 Å². The first-order chi connectivity index (χ1) is 15.8. The number of benzene rings is 3. The summed E-state index contributed by atoms with van der Waals surface area (Å²) in [5, 5.41) is 3.32. The van der Waals surface area contributed by atoms with Crippen LogP contribution in [-0.4, -0.2) is 26.0 Å². The number of fused-ring (bicyclic) bond motifs is 1. The van der Waals surface area contributed by atoms with Crippen LogP contribution >= 0.6 is 0 Å². The van der Waals surface area contributed by atoms with Gasteiger partial charge in [-0.15, -0.1) is 0 Å². The lowest BCUT2D eigenvalue weighted by atomic mass is 10.00. The number of para-hydroxylation sites is 1. The minimum absolute atomic E-state index is 0.0224. The Kier molecular flexibility index (Phi) is 6.02. The van der Waals surface area contributed by atoms with Crippen molar-refractivity contribution in [2.45, 2.75) is 13.8 Å². The molecule has 2 N–H and O–H groups in total. The fraction of sp³-hybridized carbons (Fsp3) is 0.120. The zero-order valence-corrected chi connectivity index (χ0v) is 19.0. The summed E-state index contributed by atoms with van der Waals surface area (Å²) in [6, 6.07) is 23.3. The molecule has 1 aliphatic rings. The van der Waals surface area contributed by atoms with Crippen LogP contribution in [0.4, 0.5) is 17.1 Å². The Labute approximate surface area is 192 Å². The van der Waals surface area contributed by atoms with Crippen LogP contribution in [0.25, 0.3) is 11.3 Å². The van der Waals surface area contributed by atoms with Crippen molar-refractivity contribution in [1.29, 1.82) is 0 Å². The molecule has 0 aliphatic carbocycles. The van der Waals surface area contributed by atoms with Crippen LogP contribution in [0.5, 0.6) is 0 Å². The third-order valence-electron chi connectivity index (χ3n) is 5.27. The molecule has 0 spiro atoms. The summed E-state index contributed by atoms with van der Waals surface area (Å²) in [5.41, 5.74) is 4.04. The third kappa shape index (κ3) is 4.51. The number of carbonyl (C=O) groups is 2. The van der Waals surface area contributed by atoms with Crippen LogP contribution in [0.3, 0.4) is 0 Å². The van der Waals surface area contributed by atoms with Crippen LogP contribution in [0.1, 0.15) is 25.0 Å². The molecule has 0 radical (unpaired) electrons. The number of amides is 2. The number of nitrogens with zero attached hydrogens (tertiary/aromatic N) is 1. The molecule has 7 nitrogen and oxygen atoms in total. The van der Waals surface area contributed by atoms with Gasteiger partial charge >= 0.3 is 0 Å². The summed E-state index contributed by atoms with van der Waals surface area (Å²) >= 11 is 0. The Morgan fingerprint density at radius 3 is 2.12 bits per heavy atom. The molecule has 8 heteroatoms. The van der Waals surface area contributed by atoms with Crippen LogP contribution in [0.2, 0.25) is 0 Å². The van der Waals surface area contributed by atoms with E-state index in [0.717, 1.165) is 5.56 Å². The van der Waals surface area contributed by atoms with Crippen molar-refractivity contribution in [3.63, 3.8) is 0 Å². The zero-order valence-electron chi connectivity index (χ0n) is 18.2. The van der Waals surface area contributed by atoms with Crippen molar-refractivity contribution in [3.05, 3.63) is 90.0 Å². The standard InChI is InChI=1S/C25H23N3O4S/c1-3-33(31,32)27-20-15-13-19(14-16-20)26-24(18-9-5-4-6-10-18)23-21-11-7-8-12-22(21)28(17(2)29)25(23)30/h4-16,26-27H,3H2,1-2H3. The highest BCUT2D eigenvalue weighted by Crippen LogP contribution is 2.41. The van der Waals surface area contributed by atoms with Crippen molar-refractivity contribution in [3.8, 4) is 0 Å². The number of carbonyl (C=O) groups excluding carboxylic acids is 2. The molecule has 0 aromatic heterocycles. The Morgan fingerprint density at radius 1 is 0.879 bits per heavy atom. The predicted molar refractivity (Wildman–Crippen MR) is 131 cm³/mol. The average molecular weight is 462 g/mol. The second kappa shape index (κ2) is 8.91. The lowest BCUT2D eigenvalue weighted by molar-refractivity contribution is -0.122. The van der Waals surface area contributed by atoms with E-state index in [2.05, 4.69) is 10.0 Å². The molecule has 1 aliphatic heterocycles. The first kappa shape index (κ1) is 22.3. The number of imide groups is 1. The van der Waals surface area contributed by atoms with E-state index >= 15 is 0 Å². The van der Waals surface area contributed by atoms with E-state index in [1.54, 1.807) is 43.3 Å². The maximum Gasteiger partial charge on any atom is 0.267 e. The molecule has 4 rings (SSSR count). The molecule has 0 atom stereocenters. The van der Waals surface area contributed by atoms with E-state index in [0.29, 0.717) is 33.9 Å². The molecular weight excluding hydrogens is 438 g/mol. The summed E-state index contributed by atoms with van der Waals surface area (Å²) in [5.74, 6) is -0.782. The Morgan fingerprint density at radius 2 is 1.48 bits per heavy atom.